The second kappa shape index (κ2) is 6.06. The Balaban J connectivity index is 2.13. The van der Waals surface area contributed by atoms with Crippen LogP contribution in [0.4, 0.5) is 5.69 Å². The highest BCUT2D eigenvalue weighted by molar-refractivity contribution is 5.95. The van der Waals surface area contributed by atoms with Crippen molar-refractivity contribution in [2.45, 2.75) is 44.6 Å². The summed E-state index contributed by atoms with van der Waals surface area (Å²) in [6, 6.07) is 7.09. The number of carbonyl (C=O) groups is 1. The molecular formula is C16H20N2O2. The molecule has 0 heterocycles. The van der Waals surface area contributed by atoms with Crippen molar-refractivity contribution in [1.82, 2.24) is 0 Å². The van der Waals surface area contributed by atoms with Gasteiger partial charge in [0.05, 0.1) is 16.9 Å². The fourth-order valence-corrected chi connectivity index (χ4v) is 2.65. The molecule has 0 atom stereocenters. The zero-order valence-electron chi connectivity index (χ0n) is 11.8. The summed E-state index contributed by atoms with van der Waals surface area (Å²) >= 11 is 0. The summed E-state index contributed by atoms with van der Waals surface area (Å²) < 4.78 is 0. The van der Waals surface area contributed by atoms with Crippen molar-refractivity contribution in [2.24, 2.45) is 0 Å². The van der Waals surface area contributed by atoms with Crippen molar-refractivity contribution in [2.75, 3.05) is 11.9 Å². The van der Waals surface area contributed by atoms with Crippen molar-refractivity contribution < 1.29 is 9.90 Å². The van der Waals surface area contributed by atoms with Crippen LogP contribution in [-0.2, 0) is 0 Å². The number of anilines is 1. The van der Waals surface area contributed by atoms with Gasteiger partial charge in [0.1, 0.15) is 6.07 Å². The van der Waals surface area contributed by atoms with E-state index in [-0.39, 0.29) is 5.78 Å². The Morgan fingerprint density at radius 2 is 2.10 bits per heavy atom. The van der Waals surface area contributed by atoms with Gasteiger partial charge in [-0.3, -0.25) is 4.79 Å². The van der Waals surface area contributed by atoms with Gasteiger partial charge in [-0.1, -0.05) is 19.3 Å². The third kappa shape index (κ3) is 3.37. The third-order valence-corrected chi connectivity index (χ3v) is 3.94. The van der Waals surface area contributed by atoms with Gasteiger partial charge in [-0.05, 0) is 38.0 Å². The molecule has 106 valence electrons. The van der Waals surface area contributed by atoms with E-state index in [2.05, 4.69) is 11.4 Å². The molecule has 1 aliphatic carbocycles. The molecule has 20 heavy (non-hydrogen) atoms. The summed E-state index contributed by atoms with van der Waals surface area (Å²) in [6.45, 7) is 1.92. The third-order valence-electron chi connectivity index (χ3n) is 3.94. The summed E-state index contributed by atoms with van der Waals surface area (Å²) in [5.74, 6) is -0.0334. The molecule has 0 unspecified atom stereocenters. The number of rotatable bonds is 4. The van der Waals surface area contributed by atoms with E-state index in [1.54, 1.807) is 18.2 Å². The average Bonchev–Trinajstić information content (AvgIpc) is 2.45. The van der Waals surface area contributed by atoms with E-state index < -0.39 is 5.60 Å². The number of carbonyl (C=O) groups excluding carboxylic acids is 1. The quantitative estimate of drug-likeness (QED) is 0.827. The number of Topliss-reactive ketones (excluding diaryl/α,β-unsaturated/α-hetero) is 1. The van der Waals surface area contributed by atoms with Crippen LogP contribution in [0.2, 0.25) is 0 Å². The number of nitriles is 1. The number of aliphatic hydroxyl groups is 1. The number of benzene rings is 1. The summed E-state index contributed by atoms with van der Waals surface area (Å²) in [7, 11) is 0. The van der Waals surface area contributed by atoms with Crippen LogP contribution in [0.3, 0.4) is 0 Å². The molecule has 0 spiro atoms. The molecule has 2 N–H and O–H groups in total. The Morgan fingerprint density at radius 3 is 2.70 bits per heavy atom. The minimum atomic E-state index is -0.697. The fraction of sp³-hybridized carbons (Fsp3) is 0.500. The van der Waals surface area contributed by atoms with Crippen LogP contribution in [-0.4, -0.2) is 23.0 Å². The van der Waals surface area contributed by atoms with Gasteiger partial charge in [0.15, 0.2) is 5.78 Å². The van der Waals surface area contributed by atoms with Gasteiger partial charge in [-0.2, -0.15) is 5.26 Å². The predicted octanol–water partition coefficient (Wildman–Crippen LogP) is 2.87. The molecule has 1 aliphatic rings. The van der Waals surface area contributed by atoms with Gasteiger partial charge in [0.25, 0.3) is 0 Å². The molecular weight excluding hydrogens is 252 g/mol. The highest BCUT2D eigenvalue weighted by atomic mass is 16.3. The van der Waals surface area contributed by atoms with E-state index in [1.807, 2.05) is 0 Å². The molecule has 1 aromatic carbocycles. The lowest BCUT2D eigenvalue weighted by Crippen LogP contribution is -2.38. The van der Waals surface area contributed by atoms with E-state index in [1.165, 1.54) is 13.3 Å². The van der Waals surface area contributed by atoms with Crippen molar-refractivity contribution in [3.8, 4) is 6.07 Å². The van der Waals surface area contributed by atoms with Gasteiger partial charge in [-0.25, -0.2) is 0 Å². The Hall–Kier alpha value is -1.86. The molecule has 0 aromatic heterocycles. The Bertz CT molecular complexity index is 540. The summed E-state index contributed by atoms with van der Waals surface area (Å²) in [4.78, 5) is 11.4. The molecule has 0 aliphatic heterocycles. The van der Waals surface area contributed by atoms with Crippen LogP contribution in [0.5, 0.6) is 0 Å². The van der Waals surface area contributed by atoms with Crippen LogP contribution >= 0.6 is 0 Å². The van der Waals surface area contributed by atoms with Crippen LogP contribution in [0.25, 0.3) is 0 Å². The molecule has 0 saturated heterocycles. The molecule has 0 amide bonds. The lowest BCUT2D eigenvalue weighted by atomic mass is 9.85. The number of nitrogens with zero attached hydrogens (tertiary/aromatic N) is 1. The maximum absolute atomic E-state index is 11.4. The maximum Gasteiger partial charge on any atom is 0.159 e. The highest BCUT2D eigenvalue weighted by Crippen LogP contribution is 2.29. The fourth-order valence-electron chi connectivity index (χ4n) is 2.65. The first kappa shape index (κ1) is 14.5. The first-order valence-electron chi connectivity index (χ1n) is 7.05. The smallest absolute Gasteiger partial charge is 0.159 e. The van der Waals surface area contributed by atoms with Crippen molar-refractivity contribution in [3.63, 3.8) is 0 Å². The lowest BCUT2D eigenvalue weighted by Gasteiger charge is -2.32. The van der Waals surface area contributed by atoms with E-state index in [0.717, 1.165) is 25.7 Å². The minimum absolute atomic E-state index is 0.0334. The van der Waals surface area contributed by atoms with Crippen molar-refractivity contribution in [3.05, 3.63) is 29.3 Å². The van der Waals surface area contributed by atoms with E-state index >= 15 is 0 Å². The Morgan fingerprint density at radius 1 is 1.40 bits per heavy atom. The zero-order chi connectivity index (χ0) is 14.6. The lowest BCUT2D eigenvalue weighted by molar-refractivity contribution is 0.0167. The largest absolute Gasteiger partial charge is 0.388 e. The predicted molar refractivity (Wildman–Crippen MR) is 77.7 cm³/mol. The van der Waals surface area contributed by atoms with Crippen LogP contribution in [0.15, 0.2) is 18.2 Å². The molecule has 1 fully saturated rings. The minimum Gasteiger partial charge on any atom is -0.388 e. The number of nitrogens with one attached hydrogen (secondary N) is 1. The number of hydrogen-bond donors (Lipinski definition) is 2. The number of ketones is 1. The van der Waals surface area contributed by atoms with E-state index in [0.29, 0.717) is 23.4 Å². The highest BCUT2D eigenvalue weighted by Gasteiger charge is 2.29. The van der Waals surface area contributed by atoms with Gasteiger partial charge >= 0.3 is 0 Å². The average molecular weight is 272 g/mol. The molecule has 4 nitrogen and oxygen atoms in total. The first-order chi connectivity index (χ1) is 9.54. The summed E-state index contributed by atoms with van der Waals surface area (Å²) in [6.07, 6.45) is 4.82. The molecule has 1 saturated carbocycles. The van der Waals surface area contributed by atoms with Crippen molar-refractivity contribution in [1.29, 1.82) is 5.26 Å². The summed E-state index contributed by atoms with van der Waals surface area (Å²) in [5.41, 5.74) is 0.993. The van der Waals surface area contributed by atoms with Gasteiger partial charge in [-0.15, -0.1) is 0 Å². The van der Waals surface area contributed by atoms with Crippen LogP contribution in [0.1, 0.15) is 54.9 Å². The van der Waals surface area contributed by atoms with Gasteiger partial charge in [0, 0.05) is 12.1 Å². The summed E-state index contributed by atoms with van der Waals surface area (Å²) in [5, 5.41) is 22.7. The Kier molecular flexibility index (Phi) is 4.41. The Labute approximate surface area is 119 Å². The maximum atomic E-state index is 11.4. The zero-order valence-corrected chi connectivity index (χ0v) is 11.8. The monoisotopic (exact) mass is 272 g/mol. The van der Waals surface area contributed by atoms with Crippen LogP contribution in [0, 0.1) is 11.3 Å². The standard InChI is InChI=1S/C16H20N2O2/c1-12(19)13-5-6-14(10-17)15(9-13)18-11-16(20)7-3-2-4-8-16/h5-6,9,18,20H,2-4,7-8,11H2,1H3. The second-order valence-corrected chi connectivity index (χ2v) is 5.57. The van der Waals surface area contributed by atoms with E-state index in [4.69, 9.17) is 5.26 Å². The van der Waals surface area contributed by atoms with Gasteiger partial charge < -0.3 is 10.4 Å². The molecule has 1 aromatic rings. The van der Waals surface area contributed by atoms with Gasteiger partial charge in [0.2, 0.25) is 0 Å². The number of hydrogen-bond acceptors (Lipinski definition) is 4. The molecule has 0 radical (unpaired) electrons. The molecule has 0 bridgehead atoms. The van der Waals surface area contributed by atoms with Crippen LogP contribution < -0.4 is 5.32 Å². The van der Waals surface area contributed by atoms with E-state index in [9.17, 15) is 9.90 Å². The molecule has 4 heteroatoms. The normalized spacial score (nSPS) is 17.2. The molecule has 2 rings (SSSR count). The topological polar surface area (TPSA) is 73.1 Å². The SMILES string of the molecule is CC(=O)c1ccc(C#N)c(NCC2(O)CCCCC2)c1. The van der Waals surface area contributed by atoms with Crippen molar-refractivity contribution >= 4 is 11.5 Å². The first-order valence-corrected chi connectivity index (χ1v) is 7.05. The second-order valence-electron chi connectivity index (χ2n) is 5.57.